The van der Waals surface area contributed by atoms with Gasteiger partial charge in [-0.15, -0.1) is 0 Å². The second kappa shape index (κ2) is 7.60. The summed E-state index contributed by atoms with van der Waals surface area (Å²) in [7, 11) is -1.56. The summed E-state index contributed by atoms with van der Waals surface area (Å²) in [6, 6.07) is -0.823. The van der Waals surface area contributed by atoms with E-state index in [9.17, 15) is 4.79 Å². The molecular formula is C9H19BN2O4S. The SMILES string of the molecule is CC(C)C[C@H](NC(=S)[C@@H](N)CC(=O)O)B(O)O. The largest absolute Gasteiger partial charge is 0.481 e. The molecule has 0 amide bonds. The van der Waals surface area contributed by atoms with E-state index in [0.29, 0.717) is 6.42 Å². The van der Waals surface area contributed by atoms with Gasteiger partial charge in [0.2, 0.25) is 0 Å². The molecule has 98 valence electrons. The lowest BCUT2D eigenvalue weighted by molar-refractivity contribution is -0.137. The minimum atomic E-state index is -1.56. The highest BCUT2D eigenvalue weighted by molar-refractivity contribution is 7.80. The van der Waals surface area contributed by atoms with Crippen molar-refractivity contribution in [2.45, 2.75) is 38.7 Å². The van der Waals surface area contributed by atoms with Crippen LogP contribution < -0.4 is 11.1 Å². The smallest absolute Gasteiger partial charge is 0.475 e. The number of carboxylic acid groups (broad SMARTS) is 1. The molecule has 0 rings (SSSR count). The van der Waals surface area contributed by atoms with Crippen LogP contribution in [0.3, 0.4) is 0 Å². The molecule has 6 N–H and O–H groups in total. The fraction of sp³-hybridized carbons (Fsp3) is 0.778. The number of hydrogen-bond donors (Lipinski definition) is 5. The van der Waals surface area contributed by atoms with Gasteiger partial charge in [-0.25, -0.2) is 0 Å². The molecule has 0 fully saturated rings. The number of carbonyl (C=O) groups is 1. The quantitative estimate of drug-likeness (QED) is 0.299. The van der Waals surface area contributed by atoms with E-state index in [0.717, 1.165) is 0 Å². The number of rotatable bonds is 7. The highest BCUT2D eigenvalue weighted by Gasteiger charge is 2.26. The summed E-state index contributed by atoms with van der Waals surface area (Å²) in [5, 5.41) is 29.6. The second-order valence-corrected chi connectivity index (χ2v) is 4.80. The molecule has 0 bridgehead atoms. The monoisotopic (exact) mass is 262 g/mol. The summed E-state index contributed by atoms with van der Waals surface area (Å²) >= 11 is 4.92. The Kier molecular flexibility index (Phi) is 7.29. The third-order valence-corrected chi connectivity index (χ3v) is 2.56. The maximum absolute atomic E-state index is 10.4. The zero-order valence-electron chi connectivity index (χ0n) is 9.96. The molecule has 0 aliphatic rings. The van der Waals surface area contributed by atoms with Crippen LogP contribution in [0, 0.1) is 5.92 Å². The molecule has 17 heavy (non-hydrogen) atoms. The van der Waals surface area contributed by atoms with Gasteiger partial charge in [-0.2, -0.15) is 0 Å². The van der Waals surface area contributed by atoms with E-state index in [4.69, 9.17) is 33.1 Å². The van der Waals surface area contributed by atoms with Gasteiger partial charge in [0, 0.05) is 0 Å². The molecule has 6 nitrogen and oxygen atoms in total. The van der Waals surface area contributed by atoms with Crippen LogP contribution in [0.15, 0.2) is 0 Å². The standard InChI is InChI=1S/C9H19BN2O4S/c1-5(2)3-7(10(15)16)12-9(17)6(11)4-8(13)14/h5-7,15-16H,3-4,11H2,1-2H3,(H,12,17)(H,13,14)/t6-,7-/m0/s1. The van der Waals surface area contributed by atoms with Gasteiger partial charge in [0.25, 0.3) is 0 Å². The molecular weight excluding hydrogens is 243 g/mol. The molecule has 8 heteroatoms. The number of nitrogens with one attached hydrogen (secondary N) is 1. The molecule has 2 atom stereocenters. The lowest BCUT2D eigenvalue weighted by atomic mass is 9.75. The van der Waals surface area contributed by atoms with Crippen LogP contribution in [0.4, 0.5) is 0 Å². The normalized spacial score (nSPS) is 14.2. The maximum atomic E-state index is 10.4. The van der Waals surface area contributed by atoms with Crippen LogP contribution in [0.2, 0.25) is 0 Å². The van der Waals surface area contributed by atoms with Crippen LogP contribution >= 0.6 is 12.2 Å². The Bertz CT molecular complexity index is 276. The van der Waals surface area contributed by atoms with Crippen LogP contribution in [0.5, 0.6) is 0 Å². The van der Waals surface area contributed by atoms with E-state index >= 15 is 0 Å². The van der Waals surface area contributed by atoms with Crippen LogP contribution in [0.25, 0.3) is 0 Å². The number of hydrogen-bond acceptors (Lipinski definition) is 5. The minimum Gasteiger partial charge on any atom is -0.481 e. The summed E-state index contributed by atoms with van der Waals surface area (Å²) in [6.45, 7) is 3.86. The molecule has 0 aromatic rings. The Morgan fingerprint density at radius 1 is 1.47 bits per heavy atom. The highest BCUT2D eigenvalue weighted by Crippen LogP contribution is 2.06. The fourth-order valence-electron chi connectivity index (χ4n) is 1.33. The van der Waals surface area contributed by atoms with E-state index in [1.165, 1.54) is 0 Å². The number of carboxylic acids is 1. The van der Waals surface area contributed by atoms with Crippen molar-refractivity contribution in [3.8, 4) is 0 Å². The van der Waals surface area contributed by atoms with Gasteiger partial charge in [0.1, 0.15) is 0 Å². The summed E-state index contributed by atoms with van der Waals surface area (Å²) in [4.78, 5) is 10.6. The van der Waals surface area contributed by atoms with Crippen molar-refractivity contribution in [2.24, 2.45) is 11.7 Å². The summed E-state index contributed by atoms with van der Waals surface area (Å²) in [6.07, 6.45) is 0.208. The van der Waals surface area contributed by atoms with Crippen LogP contribution in [-0.4, -0.2) is 45.2 Å². The maximum Gasteiger partial charge on any atom is 0.475 e. The molecule has 0 saturated heterocycles. The van der Waals surface area contributed by atoms with Gasteiger partial charge in [-0.1, -0.05) is 26.1 Å². The van der Waals surface area contributed by atoms with Gasteiger partial charge in [-0.05, 0) is 12.3 Å². The molecule has 0 spiro atoms. The van der Waals surface area contributed by atoms with Crippen molar-refractivity contribution in [1.29, 1.82) is 0 Å². The molecule has 0 unspecified atom stereocenters. The lowest BCUT2D eigenvalue weighted by Crippen LogP contribution is -2.51. The van der Waals surface area contributed by atoms with E-state index < -0.39 is 25.1 Å². The third-order valence-electron chi connectivity index (χ3n) is 2.14. The van der Waals surface area contributed by atoms with Gasteiger partial charge in [0.15, 0.2) is 0 Å². The molecule has 0 aliphatic carbocycles. The second-order valence-electron chi connectivity index (χ2n) is 4.36. The first-order valence-electron chi connectivity index (χ1n) is 5.38. The van der Waals surface area contributed by atoms with E-state index in [1.807, 2.05) is 13.8 Å². The Balaban J connectivity index is 4.34. The van der Waals surface area contributed by atoms with Gasteiger partial charge in [-0.3, -0.25) is 4.79 Å². The van der Waals surface area contributed by atoms with E-state index in [-0.39, 0.29) is 17.3 Å². The van der Waals surface area contributed by atoms with Crippen molar-refractivity contribution in [1.82, 2.24) is 5.32 Å². The Hall–Kier alpha value is -0.695. The Labute approximate surface area is 106 Å². The van der Waals surface area contributed by atoms with Crippen molar-refractivity contribution < 1.29 is 19.9 Å². The van der Waals surface area contributed by atoms with Crippen LogP contribution in [0.1, 0.15) is 26.7 Å². The molecule has 0 heterocycles. The molecule has 0 aromatic carbocycles. The Morgan fingerprint density at radius 2 is 2.00 bits per heavy atom. The van der Waals surface area contributed by atoms with Crippen molar-refractivity contribution >= 4 is 30.3 Å². The van der Waals surface area contributed by atoms with Crippen LogP contribution in [-0.2, 0) is 4.79 Å². The zero-order valence-corrected chi connectivity index (χ0v) is 10.8. The summed E-state index contributed by atoms with van der Waals surface area (Å²) < 4.78 is 0. The third kappa shape index (κ3) is 7.27. The molecule has 0 aliphatic heterocycles. The van der Waals surface area contributed by atoms with Gasteiger partial charge in [0.05, 0.1) is 23.4 Å². The highest BCUT2D eigenvalue weighted by atomic mass is 32.1. The predicted octanol–water partition coefficient (Wildman–Crippen LogP) is -0.868. The van der Waals surface area contributed by atoms with Gasteiger partial charge < -0.3 is 26.2 Å². The number of nitrogens with two attached hydrogens (primary N) is 1. The first-order valence-corrected chi connectivity index (χ1v) is 5.78. The van der Waals surface area contributed by atoms with Crippen molar-refractivity contribution in [2.75, 3.05) is 0 Å². The summed E-state index contributed by atoms with van der Waals surface area (Å²) in [5.41, 5.74) is 5.55. The summed E-state index contributed by atoms with van der Waals surface area (Å²) in [5.74, 6) is -1.44. The molecule has 0 aromatic heterocycles. The lowest BCUT2D eigenvalue weighted by Gasteiger charge is -2.23. The molecule has 0 radical (unpaired) electrons. The van der Waals surface area contributed by atoms with Crippen molar-refractivity contribution in [3.63, 3.8) is 0 Å². The predicted molar refractivity (Wildman–Crippen MR) is 69.4 cm³/mol. The Morgan fingerprint density at radius 3 is 2.35 bits per heavy atom. The average Bonchev–Trinajstić information content (AvgIpc) is 2.14. The minimum absolute atomic E-state index is 0.131. The number of aliphatic carboxylic acids is 1. The number of thiocarbonyl (C=S) groups is 1. The van der Waals surface area contributed by atoms with E-state index in [1.54, 1.807) is 0 Å². The fourth-order valence-corrected chi connectivity index (χ4v) is 1.57. The van der Waals surface area contributed by atoms with Crippen molar-refractivity contribution in [3.05, 3.63) is 0 Å². The first kappa shape index (κ1) is 16.3. The molecule has 0 saturated carbocycles. The average molecular weight is 262 g/mol. The first-order chi connectivity index (χ1) is 7.73. The topological polar surface area (TPSA) is 116 Å². The van der Waals surface area contributed by atoms with Gasteiger partial charge >= 0.3 is 13.1 Å². The van der Waals surface area contributed by atoms with E-state index in [2.05, 4.69) is 5.32 Å². The zero-order chi connectivity index (χ0) is 13.6.